The van der Waals surface area contributed by atoms with E-state index in [-0.39, 0.29) is 0 Å². The van der Waals surface area contributed by atoms with Crippen molar-refractivity contribution in [2.75, 3.05) is 35.2 Å². The lowest BCUT2D eigenvalue weighted by Gasteiger charge is -2.26. The molecule has 0 aliphatic carbocycles. The third-order valence-corrected chi connectivity index (χ3v) is 1.41. The molecule has 0 N–H and O–H groups in total. The zero-order chi connectivity index (χ0) is 9.02. The van der Waals surface area contributed by atoms with Gasteiger partial charge in [0.1, 0.15) is 5.84 Å². The van der Waals surface area contributed by atoms with E-state index in [0.29, 0.717) is 0 Å². The number of hydrazine groups is 1. The first kappa shape index (κ1) is 10.2. The number of hydrazone groups is 1. The van der Waals surface area contributed by atoms with Crippen molar-refractivity contribution in [2.45, 2.75) is 6.92 Å². The van der Waals surface area contributed by atoms with Crippen LogP contribution < -0.4 is 0 Å². The molecule has 0 fully saturated rings. The molecule has 0 spiro atoms. The van der Waals surface area contributed by atoms with Crippen molar-refractivity contribution in [3.63, 3.8) is 0 Å². The van der Waals surface area contributed by atoms with Crippen molar-refractivity contribution < 1.29 is 0 Å². The van der Waals surface area contributed by atoms with E-state index in [2.05, 4.69) is 5.10 Å². The Bertz CT molecular complexity index is 139. The lowest BCUT2D eigenvalue weighted by atomic mass is 10.6. The molecule has 11 heavy (non-hydrogen) atoms. The SMILES string of the molecule is C/C(=N/N(C)C)N(C)N(C)C. The van der Waals surface area contributed by atoms with E-state index in [1.165, 1.54) is 0 Å². The van der Waals surface area contributed by atoms with Gasteiger partial charge >= 0.3 is 0 Å². The van der Waals surface area contributed by atoms with Crippen LogP contribution in [0.5, 0.6) is 0 Å². The van der Waals surface area contributed by atoms with Gasteiger partial charge in [0, 0.05) is 35.2 Å². The maximum absolute atomic E-state index is 4.23. The van der Waals surface area contributed by atoms with Crippen LogP contribution in [0.3, 0.4) is 0 Å². The van der Waals surface area contributed by atoms with Crippen molar-refractivity contribution >= 4 is 5.84 Å². The fourth-order valence-electron chi connectivity index (χ4n) is 0.644. The summed E-state index contributed by atoms with van der Waals surface area (Å²) in [6, 6.07) is 0. The fourth-order valence-corrected chi connectivity index (χ4v) is 0.644. The molecular formula is C7H18N4. The smallest absolute Gasteiger partial charge is 0.135 e. The molecule has 0 radical (unpaired) electrons. The minimum Gasteiger partial charge on any atom is -0.301 e. The van der Waals surface area contributed by atoms with Gasteiger partial charge in [-0.2, -0.15) is 5.10 Å². The predicted molar refractivity (Wildman–Crippen MR) is 48.2 cm³/mol. The molecule has 0 unspecified atom stereocenters. The Labute approximate surface area is 69.0 Å². The summed E-state index contributed by atoms with van der Waals surface area (Å²) >= 11 is 0. The molecule has 0 atom stereocenters. The highest BCUT2D eigenvalue weighted by Gasteiger charge is 2.01. The highest BCUT2D eigenvalue weighted by atomic mass is 15.6. The monoisotopic (exact) mass is 158 g/mol. The van der Waals surface area contributed by atoms with Gasteiger partial charge in [-0.3, -0.25) is 5.01 Å². The van der Waals surface area contributed by atoms with Crippen molar-refractivity contribution in [1.82, 2.24) is 15.0 Å². The van der Waals surface area contributed by atoms with Gasteiger partial charge in [0.25, 0.3) is 0 Å². The Morgan fingerprint density at radius 3 is 1.73 bits per heavy atom. The molecule has 0 rings (SSSR count). The Kier molecular flexibility index (Phi) is 3.89. The Hall–Kier alpha value is -0.770. The second-order valence-corrected chi connectivity index (χ2v) is 2.87. The highest BCUT2D eigenvalue weighted by molar-refractivity contribution is 5.78. The largest absolute Gasteiger partial charge is 0.301 e. The lowest BCUT2D eigenvalue weighted by molar-refractivity contribution is 0.140. The summed E-state index contributed by atoms with van der Waals surface area (Å²) in [5.74, 6) is 0.972. The molecule has 0 saturated carbocycles. The standard InChI is InChI=1S/C7H18N4/c1-7(8-9(2)3)11(6)10(4)5/h1-6H3/b8-7-. The first-order valence-corrected chi connectivity index (χ1v) is 3.58. The number of nitrogens with zero attached hydrogens (tertiary/aromatic N) is 4. The second kappa shape index (κ2) is 4.18. The third kappa shape index (κ3) is 3.83. The van der Waals surface area contributed by atoms with Gasteiger partial charge in [0.05, 0.1) is 0 Å². The predicted octanol–water partition coefficient (Wildman–Crippen LogP) is 0.290. The van der Waals surface area contributed by atoms with Gasteiger partial charge in [-0.25, -0.2) is 5.01 Å². The molecule has 0 bridgehead atoms. The normalized spacial score (nSPS) is 12.1. The van der Waals surface area contributed by atoms with Crippen LogP contribution in [0.2, 0.25) is 0 Å². The molecular weight excluding hydrogens is 140 g/mol. The quantitative estimate of drug-likeness (QED) is 0.327. The van der Waals surface area contributed by atoms with E-state index in [1.54, 1.807) is 5.01 Å². The van der Waals surface area contributed by atoms with Crippen LogP contribution in [0, 0.1) is 0 Å². The van der Waals surface area contributed by atoms with E-state index >= 15 is 0 Å². The average Bonchev–Trinajstić information content (AvgIpc) is 1.84. The Balaban J connectivity index is 4.11. The van der Waals surface area contributed by atoms with Crippen LogP contribution >= 0.6 is 0 Å². The summed E-state index contributed by atoms with van der Waals surface area (Å²) in [5, 5.41) is 9.97. The first-order chi connectivity index (χ1) is 4.95. The van der Waals surface area contributed by atoms with Gasteiger partial charge in [0.2, 0.25) is 0 Å². The van der Waals surface area contributed by atoms with Gasteiger partial charge in [0.15, 0.2) is 0 Å². The van der Waals surface area contributed by atoms with Crippen LogP contribution in [0.25, 0.3) is 0 Å². The summed E-state index contributed by atoms with van der Waals surface area (Å²) in [7, 11) is 9.76. The average molecular weight is 158 g/mol. The third-order valence-electron chi connectivity index (χ3n) is 1.41. The zero-order valence-corrected chi connectivity index (χ0v) is 8.29. The van der Waals surface area contributed by atoms with Crippen LogP contribution in [0.4, 0.5) is 0 Å². The van der Waals surface area contributed by atoms with Crippen molar-refractivity contribution in [1.29, 1.82) is 0 Å². The summed E-state index contributed by atoms with van der Waals surface area (Å²) in [4.78, 5) is 0. The van der Waals surface area contributed by atoms with E-state index in [4.69, 9.17) is 0 Å². The highest BCUT2D eigenvalue weighted by Crippen LogP contribution is 1.90. The lowest BCUT2D eigenvalue weighted by Crippen LogP contribution is -2.37. The summed E-state index contributed by atoms with van der Waals surface area (Å²) in [5.41, 5.74) is 0. The topological polar surface area (TPSA) is 22.1 Å². The van der Waals surface area contributed by atoms with Crippen molar-refractivity contribution in [2.24, 2.45) is 5.10 Å². The molecule has 0 heterocycles. The molecule has 0 aromatic rings. The van der Waals surface area contributed by atoms with E-state index in [0.717, 1.165) is 5.84 Å². The molecule has 0 aromatic carbocycles. The fraction of sp³-hybridized carbons (Fsp3) is 0.857. The first-order valence-electron chi connectivity index (χ1n) is 3.58. The molecule has 0 aliphatic heterocycles. The molecule has 66 valence electrons. The van der Waals surface area contributed by atoms with Gasteiger partial charge in [-0.15, -0.1) is 0 Å². The zero-order valence-electron chi connectivity index (χ0n) is 8.29. The van der Waals surface area contributed by atoms with Gasteiger partial charge in [-0.05, 0) is 6.92 Å². The number of hydrogen-bond acceptors (Lipinski definition) is 3. The second-order valence-electron chi connectivity index (χ2n) is 2.87. The summed E-state index contributed by atoms with van der Waals surface area (Å²) in [6.07, 6.45) is 0. The molecule has 0 aromatic heterocycles. The van der Waals surface area contributed by atoms with Crippen LogP contribution in [0.1, 0.15) is 6.92 Å². The molecule has 0 saturated heterocycles. The molecule has 0 amide bonds. The van der Waals surface area contributed by atoms with Crippen molar-refractivity contribution in [3.8, 4) is 0 Å². The molecule has 4 nitrogen and oxygen atoms in total. The van der Waals surface area contributed by atoms with E-state index < -0.39 is 0 Å². The molecule has 4 heteroatoms. The Morgan fingerprint density at radius 2 is 1.45 bits per heavy atom. The maximum atomic E-state index is 4.23. The maximum Gasteiger partial charge on any atom is 0.135 e. The van der Waals surface area contributed by atoms with E-state index in [9.17, 15) is 0 Å². The Morgan fingerprint density at radius 1 is 1.00 bits per heavy atom. The van der Waals surface area contributed by atoms with Gasteiger partial charge < -0.3 is 5.01 Å². The number of hydrogen-bond donors (Lipinski definition) is 0. The summed E-state index contributed by atoms with van der Waals surface area (Å²) < 4.78 is 0. The minimum absolute atomic E-state index is 0.972. The molecule has 0 aliphatic rings. The van der Waals surface area contributed by atoms with Gasteiger partial charge in [-0.1, -0.05) is 0 Å². The van der Waals surface area contributed by atoms with E-state index in [1.807, 2.05) is 52.2 Å². The minimum atomic E-state index is 0.972. The summed E-state index contributed by atoms with van der Waals surface area (Å²) in [6.45, 7) is 1.97. The number of amidine groups is 1. The van der Waals surface area contributed by atoms with Crippen LogP contribution in [-0.4, -0.2) is 56.1 Å². The van der Waals surface area contributed by atoms with Crippen LogP contribution in [0.15, 0.2) is 5.10 Å². The van der Waals surface area contributed by atoms with Crippen LogP contribution in [-0.2, 0) is 0 Å². The number of rotatable bonds is 2. The van der Waals surface area contributed by atoms with Crippen molar-refractivity contribution in [3.05, 3.63) is 0 Å².